The van der Waals surface area contributed by atoms with E-state index in [9.17, 15) is 4.79 Å². The number of carbonyl (C=O) groups excluding carboxylic acids is 1. The Morgan fingerprint density at radius 3 is 3.00 bits per heavy atom. The molecule has 0 aliphatic carbocycles. The lowest BCUT2D eigenvalue weighted by atomic mass is 10.2. The first-order valence-electron chi connectivity index (χ1n) is 5.34. The highest BCUT2D eigenvalue weighted by Crippen LogP contribution is 2.04. The zero-order valence-corrected chi connectivity index (χ0v) is 11.5. The smallest absolute Gasteiger partial charge is 0.222 e. The molecule has 0 aromatic heterocycles. The third-order valence-electron chi connectivity index (χ3n) is 2.41. The van der Waals surface area contributed by atoms with Gasteiger partial charge in [-0.2, -0.15) is 11.8 Å². The van der Waals surface area contributed by atoms with E-state index in [0.717, 1.165) is 19.6 Å². The van der Waals surface area contributed by atoms with Crippen molar-refractivity contribution in [1.29, 1.82) is 0 Å². The predicted octanol–water partition coefficient (Wildman–Crippen LogP) is 0.654. The van der Waals surface area contributed by atoms with E-state index < -0.39 is 0 Å². The Morgan fingerprint density at radius 1 is 1.69 bits per heavy atom. The van der Waals surface area contributed by atoms with Gasteiger partial charge in [-0.15, -0.1) is 12.4 Å². The first-order chi connectivity index (χ1) is 7.22. The number of halogens is 1. The zero-order chi connectivity index (χ0) is 11.1. The fourth-order valence-electron chi connectivity index (χ4n) is 1.37. The average molecular weight is 269 g/mol. The van der Waals surface area contributed by atoms with E-state index in [4.69, 9.17) is 4.74 Å². The van der Waals surface area contributed by atoms with Gasteiger partial charge in [-0.3, -0.25) is 4.79 Å². The lowest BCUT2D eigenvalue weighted by molar-refractivity contribution is -0.124. The minimum absolute atomic E-state index is 0. The molecule has 2 unspecified atom stereocenters. The third kappa shape index (κ3) is 6.58. The Hall–Kier alpha value is 0.0300. The van der Waals surface area contributed by atoms with E-state index in [1.807, 2.05) is 6.26 Å². The van der Waals surface area contributed by atoms with Crippen LogP contribution in [0.15, 0.2) is 0 Å². The minimum atomic E-state index is 0. The molecule has 1 amide bonds. The molecule has 1 aliphatic rings. The number of ether oxygens (including phenoxy) is 1. The van der Waals surface area contributed by atoms with Crippen LogP contribution < -0.4 is 10.6 Å². The molecular weight excluding hydrogens is 248 g/mol. The van der Waals surface area contributed by atoms with E-state index in [1.54, 1.807) is 11.8 Å². The normalized spacial score (nSPS) is 22.0. The third-order valence-corrected chi connectivity index (χ3v) is 3.38. The van der Waals surface area contributed by atoms with Crippen LogP contribution in [0.3, 0.4) is 0 Å². The van der Waals surface area contributed by atoms with E-state index in [0.29, 0.717) is 18.3 Å². The summed E-state index contributed by atoms with van der Waals surface area (Å²) in [5.41, 5.74) is 0. The van der Waals surface area contributed by atoms with Gasteiger partial charge in [0.15, 0.2) is 0 Å². The summed E-state index contributed by atoms with van der Waals surface area (Å²) in [6.45, 7) is 5.22. The largest absolute Gasteiger partial charge is 0.375 e. The van der Waals surface area contributed by atoms with Crippen LogP contribution in [0.1, 0.15) is 13.3 Å². The maximum Gasteiger partial charge on any atom is 0.222 e. The Bertz CT molecular complexity index is 201. The summed E-state index contributed by atoms with van der Waals surface area (Å²) >= 11 is 1.75. The maximum absolute atomic E-state index is 11.5. The lowest BCUT2D eigenvalue weighted by Crippen LogP contribution is -2.42. The molecule has 16 heavy (non-hydrogen) atoms. The van der Waals surface area contributed by atoms with Crippen molar-refractivity contribution < 1.29 is 9.53 Å². The number of nitrogens with one attached hydrogen (secondary N) is 2. The second-order valence-corrected chi connectivity index (χ2v) is 5.03. The first-order valence-corrected chi connectivity index (χ1v) is 6.63. The summed E-state index contributed by atoms with van der Waals surface area (Å²) in [6, 6.07) is 0. The molecule has 0 saturated carbocycles. The molecule has 1 rings (SSSR count). The molecule has 0 aromatic carbocycles. The number of rotatable bonds is 5. The van der Waals surface area contributed by atoms with Crippen LogP contribution in [-0.2, 0) is 9.53 Å². The van der Waals surface area contributed by atoms with Crippen molar-refractivity contribution in [2.75, 3.05) is 32.5 Å². The maximum atomic E-state index is 11.5. The molecule has 0 aromatic rings. The number of hydrogen-bond acceptors (Lipinski definition) is 4. The van der Waals surface area contributed by atoms with Gasteiger partial charge in [0, 0.05) is 24.9 Å². The summed E-state index contributed by atoms with van der Waals surface area (Å²) in [5, 5.41) is 6.59. The number of thioether (sulfide) groups is 1. The molecule has 2 atom stereocenters. The van der Waals surface area contributed by atoms with Crippen molar-refractivity contribution in [2.45, 2.75) is 24.7 Å². The quantitative estimate of drug-likeness (QED) is 0.769. The standard InChI is InChI=1S/C10H20N2O2S.ClH/c1-8(15-2)6-12-10(13)5-9-7-11-3-4-14-9;/h8-9,11H,3-7H2,1-2H3,(H,12,13);1H. The Morgan fingerprint density at radius 2 is 2.44 bits per heavy atom. The summed E-state index contributed by atoms with van der Waals surface area (Å²) in [4.78, 5) is 11.5. The molecule has 1 saturated heterocycles. The van der Waals surface area contributed by atoms with Gasteiger partial charge < -0.3 is 15.4 Å². The van der Waals surface area contributed by atoms with Crippen molar-refractivity contribution >= 4 is 30.1 Å². The second kappa shape index (κ2) is 9.10. The van der Waals surface area contributed by atoms with Crippen LogP contribution in [0.4, 0.5) is 0 Å². The van der Waals surface area contributed by atoms with Crippen molar-refractivity contribution in [3.8, 4) is 0 Å². The molecule has 2 N–H and O–H groups in total. The second-order valence-electron chi connectivity index (χ2n) is 3.75. The van der Waals surface area contributed by atoms with Crippen LogP contribution in [0.5, 0.6) is 0 Å². The number of morpholine rings is 1. The monoisotopic (exact) mass is 268 g/mol. The number of carbonyl (C=O) groups is 1. The van der Waals surface area contributed by atoms with Crippen molar-refractivity contribution in [1.82, 2.24) is 10.6 Å². The lowest BCUT2D eigenvalue weighted by Gasteiger charge is -2.23. The van der Waals surface area contributed by atoms with Gasteiger partial charge in [-0.1, -0.05) is 6.92 Å². The van der Waals surface area contributed by atoms with Gasteiger partial charge in [0.2, 0.25) is 5.91 Å². The highest BCUT2D eigenvalue weighted by molar-refractivity contribution is 7.99. The van der Waals surface area contributed by atoms with Gasteiger partial charge in [0.1, 0.15) is 0 Å². The Balaban J connectivity index is 0.00000225. The summed E-state index contributed by atoms with van der Waals surface area (Å²) in [7, 11) is 0. The SMILES string of the molecule is CSC(C)CNC(=O)CC1CNCCO1.Cl. The van der Waals surface area contributed by atoms with E-state index in [-0.39, 0.29) is 24.4 Å². The first kappa shape index (κ1) is 16.0. The van der Waals surface area contributed by atoms with Crippen LogP contribution in [0.25, 0.3) is 0 Å². The fraction of sp³-hybridized carbons (Fsp3) is 0.900. The molecule has 4 nitrogen and oxygen atoms in total. The minimum Gasteiger partial charge on any atom is -0.375 e. The summed E-state index contributed by atoms with van der Waals surface area (Å²) < 4.78 is 5.45. The molecule has 1 fully saturated rings. The Labute approximate surface area is 108 Å². The van der Waals surface area contributed by atoms with E-state index >= 15 is 0 Å². The van der Waals surface area contributed by atoms with Crippen LogP contribution >= 0.6 is 24.2 Å². The number of hydrogen-bond donors (Lipinski definition) is 2. The van der Waals surface area contributed by atoms with Crippen LogP contribution in [-0.4, -0.2) is 49.8 Å². The molecule has 6 heteroatoms. The van der Waals surface area contributed by atoms with Gasteiger partial charge in [0.25, 0.3) is 0 Å². The number of amides is 1. The van der Waals surface area contributed by atoms with E-state index in [2.05, 4.69) is 17.6 Å². The molecule has 96 valence electrons. The van der Waals surface area contributed by atoms with Crippen molar-refractivity contribution in [2.24, 2.45) is 0 Å². The molecular formula is C10H21ClN2O2S. The average Bonchev–Trinajstić information content (AvgIpc) is 2.27. The molecule has 1 heterocycles. The Kier molecular flexibility index (Phi) is 9.12. The molecule has 0 spiro atoms. The molecule has 1 aliphatic heterocycles. The summed E-state index contributed by atoms with van der Waals surface area (Å²) in [6.07, 6.45) is 2.56. The molecule has 0 radical (unpaired) electrons. The predicted molar refractivity (Wildman–Crippen MR) is 70.5 cm³/mol. The van der Waals surface area contributed by atoms with Gasteiger partial charge >= 0.3 is 0 Å². The summed E-state index contributed by atoms with van der Waals surface area (Å²) in [5.74, 6) is 0.0876. The van der Waals surface area contributed by atoms with E-state index in [1.165, 1.54) is 0 Å². The van der Waals surface area contributed by atoms with Gasteiger partial charge in [0.05, 0.1) is 19.1 Å². The molecule has 0 bridgehead atoms. The van der Waals surface area contributed by atoms with Gasteiger partial charge in [-0.25, -0.2) is 0 Å². The van der Waals surface area contributed by atoms with Gasteiger partial charge in [-0.05, 0) is 6.26 Å². The topological polar surface area (TPSA) is 50.4 Å². The van der Waals surface area contributed by atoms with Crippen molar-refractivity contribution in [3.05, 3.63) is 0 Å². The highest BCUT2D eigenvalue weighted by atomic mass is 35.5. The van der Waals surface area contributed by atoms with Crippen molar-refractivity contribution in [3.63, 3.8) is 0 Å². The zero-order valence-electron chi connectivity index (χ0n) is 9.82. The highest BCUT2D eigenvalue weighted by Gasteiger charge is 2.17. The fourth-order valence-corrected chi connectivity index (χ4v) is 1.62. The van der Waals surface area contributed by atoms with Crippen LogP contribution in [0, 0.1) is 0 Å². The van der Waals surface area contributed by atoms with Crippen LogP contribution in [0.2, 0.25) is 0 Å².